The Morgan fingerprint density at radius 1 is 1.04 bits per heavy atom. The van der Waals surface area contributed by atoms with Crippen molar-refractivity contribution in [2.75, 3.05) is 38.2 Å². The number of aromatic nitrogens is 2. The number of rotatable bonds is 5. The average Bonchev–Trinajstić information content (AvgIpc) is 3.24. The third-order valence-electron chi connectivity index (χ3n) is 5.07. The summed E-state index contributed by atoms with van der Waals surface area (Å²) in [5.74, 6) is 1.89. The molecule has 0 unspecified atom stereocenters. The van der Waals surface area contributed by atoms with Gasteiger partial charge >= 0.3 is 0 Å². The number of nitrogens with zero attached hydrogens (tertiary/aromatic N) is 4. The summed E-state index contributed by atoms with van der Waals surface area (Å²) in [4.78, 5) is 21.3. The van der Waals surface area contributed by atoms with Gasteiger partial charge < -0.3 is 14.5 Å². The number of amides is 1. The quantitative estimate of drug-likeness (QED) is 0.687. The van der Waals surface area contributed by atoms with E-state index >= 15 is 0 Å². The van der Waals surface area contributed by atoms with Crippen LogP contribution in [0.3, 0.4) is 0 Å². The van der Waals surface area contributed by atoms with Gasteiger partial charge in [0.1, 0.15) is 5.75 Å². The summed E-state index contributed by atoms with van der Waals surface area (Å²) in [5, 5.41) is 0. The molecule has 144 valence electrons. The zero-order chi connectivity index (χ0) is 19.3. The molecule has 0 N–H and O–H groups in total. The van der Waals surface area contributed by atoms with E-state index < -0.39 is 0 Å². The fourth-order valence-electron chi connectivity index (χ4n) is 3.53. The van der Waals surface area contributed by atoms with Crippen molar-refractivity contribution in [2.45, 2.75) is 6.42 Å². The number of benzene rings is 2. The molecule has 2 heterocycles. The van der Waals surface area contributed by atoms with Crippen LogP contribution in [0.2, 0.25) is 0 Å². The van der Waals surface area contributed by atoms with Gasteiger partial charge in [-0.1, -0.05) is 36.4 Å². The molecule has 1 fully saturated rings. The molecule has 1 aliphatic heterocycles. The highest BCUT2D eigenvalue weighted by atomic mass is 16.5. The van der Waals surface area contributed by atoms with Crippen LogP contribution >= 0.6 is 0 Å². The predicted octanol–water partition coefficient (Wildman–Crippen LogP) is 2.77. The van der Waals surface area contributed by atoms with Crippen molar-refractivity contribution in [1.29, 1.82) is 0 Å². The highest BCUT2D eigenvalue weighted by molar-refractivity contribution is 5.79. The Hall–Kier alpha value is -3.28. The second-order valence-electron chi connectivity index (χ2n) is 6.83. The van der Waals surface area contributed by atoms with Gasteiger partial charge in [0.05, 0.1) is 19.2 Å². The lowest BCUT2D eigenvalue weighted by molar-refractivity contribution is -0.130. The lowest BCUT2D eigenvalue weighted by Crippen LogP contribution is -2.49. The van der Waals surface area contributed by atoms with Crippen LogP contribution in [-0.2, 0) is 11.2 Å². The van der Waals surface area contributed by atoms with Crippen molar-refractivity contribution in [3.8, 4) is 11.4 Å². The van der Waals surface area contributed by atoms with Crippen molar-refractivity contribution in [3.05, 3.63) is 72.6 Å². The minimum Gasteiger partial charge on any atom is -0.497 e. The summed E-state index contributed by atoms with van der Waals surface area (Å²) < 4.78 is 7.40. The molecule has 1 saturated heterocycles. The van der Waals surface area contributed by atoms with Crippen molar-refractivity contribution in [3.63, 3.8) is 0 Å². The molecule has 28 heavy (non-hydrogen) atoms. The Kier molecular flexibility index (Phi) is 5.28. The van der Waals surface area contributed by atoms with Gasteiger partial charge in [0.2, 0.25) is 11.9 Å². The molecule has 4 rings (SSSR count). The van der Waals surface area contributed by atoms with E-state index in [4.69, 9.17) is 4.74 Å². The van der Waals surface area contributed by atoms with Gasteiger partial charge in [0.25, 0.3) is 0 Å². The minimum atomic E-state index is 0.182. The fourth-order valence-corrected chi connectivity index (χ4v) is 3.53. The normalized spacial score (nSPS) is 14.2. The van der Waals surface area contributed by atoms with Crippen molar-refractivity contribution in [2.24, 2.45) is 0 Å². The van der Waals surface area contributed by atoms with Crippen LogP contribution < -0.4 is 9.64 Å². The maximum Gasteiger partial charge on any atom is 0.227 e. The van der Waals surface area contributed by atoms with Crippen LogP contribution in [0, 0.1) is 0 Å². The summed E-state index contributed by atoms with van der Waals surface area (Å²) >= 11 is 0. The Labute approximate surface area is 165 Å². The molecule has 0 aliphatic carbocycles. The number of ether oxygens (including phenoxy) is 1. The smallest absolute Gasteiger partial charge is 0.227 e. The van der Waals surface area contributed by atoms with Crippen LogP contribution in [0.1, 0.15) is 5.56 Å². The SMILES string of the molecule is COc1cccc(-n2ccnc2N2CCN(C(=O)Cc3ccccc3)CC2)c1. The Morgan fingerprint density at radius 3 is 2.57 bits per heavy atom. The highest BCUT2D eigenvalue weighted by Crippen LogP contribution is 2.23. The lowest BCUT2D eigenvalue weighted by Gasteiger charge is -2.35. The van der Waals surface area contributed by atoms with E-state index in [1.807, 2.05) is 71.9 Å². The topological polar surface area (TPSA) is 50.6 Å². The Balaban J connectivity index is 1.42. The first-order chi connectivity index (χ1) is 13.7. The first kappa shape index (κ1) is 18.1. The maximum atomic E-state index is 12.6. The minimum absolute atomic E-state index is 0.182. The Morgan fingerprint density at radius 2 is 1.82 bits per heavy atom. The van der Waals surface area contributed by atoms with Crippen LogP contribution in [-0.4, -0.2) is 53.6 Å². The summed E-state index contributed by atoms with van der Waals surface area (Å²) in [7, 11) is 1.67. The number of anilines is 1. The van der Waals surface area contributed by atoms with Gasteiger partial charge in [0.15, 0.2) is 0 Å². The van der Waals surface area contributed by atoms with E-state index in [2.05, 4.69) is 14.5 Å². The number of carbonyl (C=O) groups is 1. The van der Waals surface area contributed by atoms with Crippen molar-refractivity contribution < 1.29 is 9.53 Å². The molecule has 6 heteroatoms. The largest absolute Gasteiger partial charge is 0.497 e. The summed E-state index contributed by atoms with van der Waals surface area (Å²) in [6, 6.07) is 17.8. The van der Waals surface area contributed by atoms with Gasteiger partial charge in [-0.25, -0.2) is 4.98 Å². The summed E-state index contributed by atoms with van der Waals surface area (Å²) in [6.07, 6.45) is 4.22. The number of hydrogen-bond donors (Lipinski definition) is 0. The third-order valence-corrected chi connectivity index (χ3v) is 5.07. The standard InChI is InChI=1S/C22H24N4O2/c1-28-20-9-5-8-19(17-20)26-11-10-23-22(26)25-14-12-24(13-15-25)21(27)16-18-6-3-2-4-7-18/h2-11,17H,12-16H2,1H3. The molecule has 0 radical (unpaired) electrons. The van der Waals surface area contributed by atoms with Crippen molar-refractivity contribution in [1.82, 2.24) is 14.5 Å². The van der Waals surface area contributed by atoms with Gasteiger partial charge in [-0.3, -0.25) is 9.36 Å². The van der Waals surface area contributed by atoms with E-state index in [9.17, 15) is 4.79 Å². The molecular formula is C22H24N4O2. The monoisotopic (exact) mass is 376 g/mol. The predicted molar refractivity (Wildman–Crippen MR) is 109 cm³/mol. The van der Waals surface area contributed by atoms with E-state index in [1.165, 1.54) is 0 Å². The first-order valence-electron chi connectivity index (χ1n) is 9.49. The van der Waals surface area contributed by atoms with Gasteiger partial charge in [-0.15, -0.1) is 0 Å². The van der Waals surface area contributed by atoms with E-state index in [-0.39, 0.29) is 5.91 Å². The Bertz CT molecular complexity index is 930. The zero-order valence-electron chi connectivity index (χ0n) is 16.0. The molecule has 6 nitrogen and oxygen atoms in total. The molecule has 2 aromatic carbocycles. The fraction of sp³-hybridized carbons (Fsp3) is 0.273. The summed E-state index contributed by atoms with van der Waals surface area (Å²) in [6.45, 7) is 2.94. The van der Waals surface area contributed by atoms with Crippen molar-refractivity contribution >= 4 is 11.9 Å². The van der Waals surface area contributed by atoms with E-state index in [0.29, 0.717) is 19.5 Å². The summed E-state index contributed by atoms with van der Waals surface area (Å²) in [5.41, 5.74) is 2.07. The molecule has 0 bridgehead atoms. The van der Waals surface area contributed by atoms with Gasteiger partial charge in [0, 0.05) is 44.6 Å². The van der Waals surface area contributed by atoms with Crippen LogP contribution in [0.5, 0.6) is 5.75 Å². The second kappa shape index (κ2) is 8.17. The number of piperazine rings is 1. The molecule has 1 aliphatic rings. The number of carbonyl (C=O) groups excluding carboxylic acids is 1. The number of methoxy groups -OCH3 is 1. The first-order valence-corrected chi connectivity index (χ1v) is 9.49. The molecule has 0 spiro atoms. The van der Waals surface area contributed by atoms with Crippen LogP contribution in [0.4, 0.5) is 5.95 Å². The lowest BCUT2D eigenvalue weighted by atomic mass is 10.1. The van der Waals surface area contributed by atoms with Crippen LogP contribution in [0.25, 0.3) is 5.69 Å². The molecule has 1 aromatic heterocycles. The molecule has 1 amide bonds. The molecule has 0 atom stereocenters. The van der Waals surface area contributed by atoms with Gasteiger partial charge in [-0.2, -0.15) is 0 Å². The van der Waals surface area contributed by atoms with Gasteiger partial charge in [-0.05, 0) is 17.7 Å². The second-order valence-corrected chi connectivity index (χ2v) is 6.83. The molecular weight excluding hydrogens is 352 g/mol. The number of hydrogen-bond acceptors (Lipinski definition) is 4. The molecule has 3 aromatic rings. The van der Waals surface area contributed by atoms with E-state index in [1.54, 1.807) is 7.11 Å². The number of imidazole rings is 1. The van der Waals surface area contributed by atoms with E-state index in [0.717, 1.165) is 36.0 Å². The maximum absolute atomic E-state index is 12.6. The van der Waals surface area contributed by atoms with Crippen LogP contribution in [0.15, 0.2) is 67.0 Å². The zero-order valence-corrected chi connectivity index (χ0v) is 16.0. The highest BCUT2D eigenvalue weighted by Gasteiger charge is 2.23. The third kappa shape index (κ3) is 3.86. The average molecular weight is 376 g/mol. The molecule has 0 saturated carbocycles.